The van der Waals surface area contributed by atoms with Crippen molar-refractivity contribution < 1.29 is 19.1 Å². The molecular formula is C27H34N2O4S. The Kier molecular flexibility index (Phi) is 8.38. The van der Waals surface area contributed by atoms with Crippen molar-refractivity contribution in [3.63, 3.8) is 0 Å². The number of amides is 2. The van der Waals surface area contributed by atoms with Crippen LogP contribution in [0.2, 0.25) is 0 Å². The second kappa shape index (κ2) is 11.6. The summed E-state index contributed by atoms with van der Waals surface area (Å²) in [6.45, 7) is 0.497. The fraction of sp³-hybridized carbons (Fsp3) is 0.481. The van der Waals surface area contributed by atoms with E-state index in [1.54, 1.807) is 26.0 Å². The van der Waals surface area contributed by atoms with Crippen LogP contribution in [0.1, 0.15) is 48.6 Å². The molecule has 2 aromatic rings. The Morgan fingerprint density at radius 3 is 2.44 bits per heavy atom. The molecule has 0 radical (unpaired) electrons. The van der Waals surface area contributed by atoms with Crippen LogP contribution in [0, 0.1) is 5.92 Å². The monoisotopic (exact) mass is 482 g/mol. The topological polar surface area (TPSA) is 67.9 Å². The molecule has 0 spiro atoms. The number of nitrogens with one attached hydrogen (secondary N) is 1. The normalized spacial score (nSPS) is 20.7. The molecule has 2 amide bonds. The molecule has 1 aliphatic carbocycles. The van der Waals surface area contributed by atoms with Crippen molar-refractivity contribution in [2.75, 3.05) is 26.5 Å². The summed E-state index contributed by atoms with van der Waals surface area (Å²) in [4.78, 5) is 28.8. The molecule has 6 nitrogen and oxygen atoms in total. The van der Waals surface area contributed by atoms with Crippen LogP contribution < -0.4 is 14.8 Å². The van der Waals surface area contributed by atoms with Gasteiger partial charge in [0, 0.05) is 18.2 Å². The summed E-state index contributed by atoms with van der Waals surface area (Å²) < 4.78 is 10.7. The van der Waals surface area contributed by atoms with Crippen LogP contribution in [0.3, 0.4) is 0 Å². The van der Waals surface area contributed by atoms with Gasteiger partial charge in [-0.3, -0.25) is 9.59 Å². The van der Waals surface area contributed by atoms with Crippen LogP contribution >= 0.6 is 11.8 Å². The molecule has 1 heterocycles. The molecular weight excluding hydrogens is 448 g/mol. The number of ether oxygens (including phenoxy) is 2. The molecule has 0 bridgehead atoms. The van der Waals surface area contributed by atoms with Crippen molar-refractivity contribution in [3.8, 4) is 11.5 Å². The highest BCUT2D eigenvalue weighted by atomic mass is 32.2. The minimum atomic E-state index is -0.449. The van der Waals surface area contributed by atoms with Gasteiger partial charge in [0.05, 0.1) is 14.2 Å². The lowest BCUT2D eigenvalue weighted by Gasteiger charge is -2.33. The summed E-state index contributed by atoms with van der Waals surface area (Å²) >= 11 is 1.69. The molecule has 1 saturated heterocycles. The number of nitrogens with zero attached hydrogens (tertiary/aromatic N) is 1. The Morgan fingerprint density at radius 1 is 1.00 bits per heavy atom. The molecule has 0 aromatic heterocycles. The maximum absolute atomic E-state index is 13.6. The first kappa shape index (κ1) is 24.5. The molecule has 2 fully saturated rings. The number of carbonyl (C=O) groups excluding carboxylic acids is 2. The third-order valence-electron chi connectivity index (χ3n) is 6.76. The summed E-state index contributed by atoms with van der Waals surface area (Å²) in [5.41, 5.74) is 2.13. The summed E-state index contributed by atoms with van der Waals surface area (Å²) in [6.07, 6.45) is 5.90. The minimum Gasteiger partial charge on any atom is -0.493 e. The van der Waals surface area contributed by atoms with Gasteiger partial charge in [0.25, 0.3) is 0 Å². The zero-order chi connectivity index (χ0) is 23.9. The van der Waals surface area contributed by atoms with Crippen molar-refractivity contribution in [1.29, 1.82) is 0 Å². The van der Waals surface area contributed by atoms with Crippen LogP contribution in [-0.4, -0.2) is 49.3 Å². The zero-order valence-corrected chi connectivity index (χ0v) is 20.8. The molecule has 4 rings (SSSR count). The summed E-state index contributed by atoms with van der Waals surface area (Å²) in [5.74, 6) is 2.06. The first-order valence-electron chi connectivity index (χ1n) is 12.1. The maximum Gasteiger partial charge on any atom is 0.243 e. The zero-order valence-electron chi connectivity index (χ0n) is 20.0. The van der Waals surface area contributed by atoms with Crippen LogP contribution in [-0.2, 0) is 16.0 Å². The fourth-order valence-electron chi connectivity index (χ4n) is 4.90. The van der Waals surface area contributed by atoms with E-state index in [2.05, 4.69) is 17.4 Å². The van der Waals surface area contributed by atoms with Crippen molar-refractivity contribution >= 4 is 23.6 Å². The van der Waals surface area contributed by atoms with E-state index in [9.17, 15) is 9.59 Å². The maximum atomic E-state index is 13.6. The van der Waals surface area contributed by atoms with Crippen molar-refractivity contribution in [2.24, 2.45) is 5.92 Å². The number of thioether (sulfide) groups is 1. The van der Waals surface area contributed by atoms with Gasteiger partial charge >= 0.3 is 0 Å². The van der Waals surface area contributed by atoms with Crippen molar-refractivity contribution in [2.45, 2.75) is 49.9 Å². The van der Waals surface area contributed by atoms with Crippen molar-refractivity contribution in [3.05, 3.63) is 59.7 Å². The first-order chi connectivity index (χ1) is 16.6. The molecule has 34 heavy (non-hydrogen) atoms. The van der Waals surface area contributed by atoms with E-state index in [0.717, 1.165) is 36.8 Å². The Hall–Kier alpha value is -2.67. The fourth-order valence-corrected chi connectivity index (χ4v) is 6.33. The van der Waals surface area contributed by atoms with E-state index in [1.165, 1.54) is 6.42 Å². The third kappa shape index (κ3) is 5.52. The predicted molar refractivity (Wildman–Crippen MR) is 135 cm³/mol. The standard InChI is InChI=1S/C27H34N2O4S/c1-32-23-14-13-19(17-24(23)33-2)15-16-28-25(30)22-18-34-27(21-11-7-4-8-12-21)29(22)26(31)20-9-5-3-6-10-20/h4,7-8,11-14,17,20,22,27H,3,5-6,9-10,15-16,18H2,1-2H3,(H,28,30). The minimum absolute atomic E-state index is 0.0285. The largest absolute Gasteiger partial charge is 0.493 e. The van der Waals surface area contributed by atoms with Crippen LogP contribution in [0.25, 0.3) is 0 Å². The van der Waals surface area contributed by atoms with Gasteiger partial charge in [-0.25, -0.2) is 0 Å². The predicted octanol–water partition coefficient (Wildman–Crippen LogP) is 4.59. The number of rotatable bonds is 8. The van der Waals surface area contributed by atoms with E-state index < -0.39 is 6.04 Å². The Balaban J connectivity index is 1.44. The van der Waals surface area contributed by atoms with Gasteiger partial charge in [0.15, 0.2) is 11.5 Å². The lowest BCUT2D eigenvalue weighted by Crippen LogP contribution is -2.50. The van der Waals surface area contributed by atoms with E-state index >= 15 is 0 Å². The third-order valence-corrected chi connectivity index (χ3v) is 8.08. The second-order valence-corrected chi connectivity index (χ2v) is 10.0. The first-order valence-corrected chi connectivity index (χ1v) is 13.1. The lowest BCUT2D eigenvalue weighted by atomic mass is 9.88. The van der Waals surface area contributed by atoms with Gasteiger partial charge in [0.1, 0.15) is 11.4 Å². The SMILES string of the molecule is COc1ccc(CCNC(=O)C2CSC(c3ccccc3)N2C(=O)C2CCCCC2)cc1OC. The number of methoxy groups -OCH3 is 2. The molecule has 7 heteroatoms. The smallest absolute Gasteiger partial charge is 0.243 e. The van der Waals surface area contributed by atoms with Crippen LogP contribution in [0.15, 0.2) is 48.5 Å². The molecule has 2 atom stereocenters. The van der Waals surface area contributed by atoms with Gasteiger partial charge in [-0.1, -0.05) is 55.7 Å². The molecule has 1 saturated carbocycles. The summed E-state index contributed by atoms with van der Waals surface area (Å²) in [7, 11) is 3.22. The highest BCUT2D eigenvalue weighted by Gasteiger charge is 2.44. The summed E-state index contributed by atoms with van der Waals surface area (Å²) in [6, 6.07) is 15.4. The van der Waals surface area contributed by atoms with E-state index in [1.807, 2.05) is 41.3 Å². The average molecular weight is 483 g/mol. The van der Waals surface area contributed by atoms with Gasteiger partial charge in [0.2, 0.25) is 11.8 Å². The number of carbonyl (C=O) groups is 2. The Labute approximate surface area is 206 Å². The van der Waals surface area contributed by atoms with E-state index in [4.69, 9.17) is 9.47 Å². The quantitative estimate of drug-likeness (QED) is 0.596. The molecule has 2 aromatic carbocycles. The summed E-state index contributed by atoms with van der Waals surface area (Å²) in [5, 5.41) is 2.97. The molecule has 2 unspecified atom stereocenters. The van der Waals surface area contributed by atoms with Crippen LogP contribution in [0.4, 0.5) is 0 Å². The highest BCUT2D eigenvalue weighted by Crippen LogP contribution is 2.43. The van der Waals surface area contributed by atoms with E-state index in [0.29, 0.717) is 30.2 Å². The molecule has 1 N–H and O–H groups in total. The van der Waals surface area contributed by atoms with Crippen LogP contribution in [0.5, 0.6) is 11.5 Å². The molecule has 2 aliphatic rings. The Morgan fingerprint density at radius 2 is 1.74 bits per heavy atom. The average Bonchev–Trinajstić information content (AvgIpc) is 3.34. The number of benzene rings is 2. The lowest BCUT2D eigenvalue weighted by molar-refractivity contribution is -0.144. The van der Waals surface area contributed by atoms with Gasteiger partial charge in [-0.05, 0) is 42.5 Å². The van der Waals surface area contributed by atoms with Gasteiger partial charge in [-0.15, -0.1) is 11.8 Å². The Bertz CT molecular complexity index is 978. The molecule has 1 aliphatic heterocycles. The number of hydrogen-bond acceptors (Lipinski definition) is 5. The van der Waals surface area contributed by atoms with Crippen molar-refractivity contribution in [1.82, 2.24) is 10.2 Å². The van der Waals surface area contributed by atoms with Gasteiger partial charge in [-0.2, -0.15) is 0 Å². The second-order valence-electron chi connectivity index (χ2n) is 8.92. The molecule has 182 valence electrons. The number of hydrogen-bond donors (Lipinski definition) is 1. The van der Waals surface area contributed by atoms with Gasteiger partial charge < -0.3 is 19.7 Å². The highest BCUT2D eigenvalue weighted by molar-refractivity contribution is 7.99. The van der Waals surface area contributed by atoms with E-state index in [-0.39, 0.29) is 23.1 Å².